The summed E-state index contributed by atoms with van der Waals surface area (Å²) in [7, 11) is -3.57. The molecule has 106 valence electrons. The van der Waals surface area contributed by atoms with E-state index in [1.807, 2.05) is 6.26 Å². The minimum absolute atomic E-state index is 0.0106. The number of nitrogens with zero attached hydrogens (tertiary/aromatic N) is 1. The van der Waals surface area contributed by atoms with Crippen LogP contribution in [0.25, 0.3) is 0 Å². The lowest BCUT2D eigenvalue weighted by molar-refractivity contribution is 0.281. The molecule has 2 N–H and O–H groups in total. The summed E-state index contributed by atoms with van der Waals surface area (Å²) >= 11 is 1.70. The molecule has 0 saturated heterocycles. The maximum atomic E-state index is 12.2. The molecule has 0 amide bonds. The van der Waals surface area contributed by atoms with Crippen molar-refractivity contribution in [3.05, 3.63) is 23.9 Å². The van der Waals surface area contributed by atoms with Gasteiger partial charge in [-0.05, 0) is 30.7 Å². The number of aliphatic hydroxyl groups excluding tert-OH is 1. The second-order valence-corrected chi connectivity index (χ2v) is 7.33. The molecule has 0 bridgehead atoms. The van der Waals surface area contributed by atoms with E-state index in [-0.39, 0.29) is 17.7 Å². The van der Waals surface area contributed by atoms with Gasteiger partial charge in [0, 0.05) is 17.5 Å². The van der Waals surface area contributed by atoms with Crippen molar-refractivity contribution in [2.24, 2.45) is 0 Å². The molecule has 2 rings (SSSR count). The Bertz CT molecular complexity index is 516. The molecule has 1 saturated carbocycles. The highest BCUT2D eigenvalue weighted by Gasteiger charge is 2.31. The SMILES string of the molecule is CSC1CCCC1NS(=O)(=O)c1ccc(CO)cn1. The Kier molecular flexibility index (Phi) is 4.83. The second-order valence-electron chi connectivity index (χ2n) is 4.60. The average molecular weight is 302 g/mol. The van der Waals surface area contributed by atoms with E-state index in [0.717, 1.165) is 19.3 Å². The van der Waals surface area contributed by atoms with Gasteiger partial charge in [0.2, 0.25) is 0 Å². The van der Waals surface area contributed by atoms with E-state index >= 15 is 0 Å². The first kappa shape index (κ1) is 14.8. The summed E-state index contributed by atoms with van der Waals surface area (Å²) in [6, 6.07) is 2.98. The highest BCUT2D eigenvalue weighted by atomic mass is 32.2. The number of pyridine rings is 1. The van der Waals surface area contributed by atoms with Gasteiger partial charge in [-0.1, -0.05) is 12.5 Å². The van der Waals surface area contributed by atoms with Gasteiger partial charge in [-0.2, -0.15) is 11.8 Å². The lowest BCUT2D eigenvalue weighted by atomic mass is 10.3. The average Bonchev–Trinajstić information content (AvgIpc) is 2.85. The molecule has 0 aromatic carbocycles. The third-order valence-corrected chi connectivity index (χ3v) is 5.89. The quantitative estimate of drug-likeness (QED) is 0.852. The first-order valence-corrected chi connectivity index (χ1v) is 8.95. The first-order valence-electron chi connectivity index (χ1n) is 6.17. The molecule has 5 nitrogen and oxygen atoms in total. The minimum atomic E-state index is -3.57. The van der Waals surface area contributed by atoms with Crippen LogP contribution in [-0.2, 0) is 16.6 Å². The van der Waals surface area contributed by atoms with Gasteiger partial charge in [0.05, 0.1) is 6.61 Å². The predicted octanol–water partition coefficient (Wildman–Crippen LogP) is 1.14. The number of aromatic nitrogens is 1. The molecular formula is C12H18N2O3S2. The summed E-state index contributed by atoms with van der Waals surface area (Å²) in [4.78, 5) is 3.90. The van der Waals surface area contributed by atoms with Crippen LogP contribution < -0.4 is 4.72 Å². The summed E-state index contributed by atoms with van der Waals surface area (Å²) in [6.07, 6.45) is 6.36. The Labute approximate surface area is 117 Å². The van der Waals surface area contributed by atoms with Crippen LogP contribution in [-0.4, -0.2) is 36.1 Å². The van der Waals surface area contributed by atoms with Gasteiger partial charge < -0.3 is 5.11 Å². The number of hydrogen-bond donors (Lipinski definition) is 2. The fourth-order valence-corrected chi connectivity index (χ4v) is 4.53. The number of aliphatic hydroxyl groups is 1. The highest BCUT2D eigenvalue weighted by Crippen LogP contribution is 2.29. The van der Waals surface area contributed by atoms with Gasteiger partial charge in [-0.25, -0.2) is 18.1 Å². The third kappa shape index (κ3) is 3.47. The Morgan fingerprint density at radius 1 is 1.47 bits per heavy atom. The molecule has 2 unspecified atom stereocenters. The highest BCUT2D eigenvalue weighted by molar-refractivity contribution is 7.99. The lowest BCUT2D eigenvalue weighted by Crippen LogP contribution is -2.38. The van der Waals surface area contributed by atoms with Gasteiger partial charge in [0.15, 0.2) is 5.03 Å². The number of hydrogen-bond acceptors (Lipinski definition) is 5. The van der Waals surface area contributed by atoms with Crippen LogP contribution in [0, 0.1) is 0 Å². The molecule has 2 atom stereocenters. The van der Waals surface area contributed by atoms with E-state index in [1.54, 1.807) is 17.8 Å². The van der Waals surface area contributed by atoms with Crippen molar-refractivity contribution in [3.8, 4) is 0 Å². The fourth-order valence-electron chi connectivity index (χ4n) is 2.27. The van der Waals surface area contributed by atoms with Crippen molar-refractivity contribution in [2.75, 3.05) is 6.26 Å². The molecule has 0 spiro atoms. The molecule has 1 aromatic rings. The maximum absolute atomic E-state index is 12.2. The van der Waals surface area contributed by atoms with Gasteiger partial charge in [-0.15, -0.1) is 0 Å². The van der Waals surface area contributed by atoms with Gasteiger partial charge in [0.1, 0.15) is 0 Å². The Balaban J connectivity index is 2.13. The summed E-state index contributed by atoms with van der Waals surface area (Å²) < 4.78 is 27.1. The van der Waals surface area contributed by atoms with Gasteiger partial charge in [-0.3, -0.25) is 0 Å². The smallest absolute Gasteiger partial charge is 0.258 e. The van der Waals surface area contributed by atoms with Crippen LogP contribution >= 0.6 is 11.8 Å². The molecule has 1 fully saturated rings. The molecular weight excluding hydrogens is 284 g/mol. The third-order valence-electron chi connectivity index (χ3n) is 3.32. The summed E-state index contributed by atoms with van der Waals surface area (Å²) in [5.74, 6) is 0. The lowest BCUT2D eigenvalue weighted by Gasteiger charge is -2.18. The van der Waals surface area contributed by atoms with E-state index in [2.05, 4.69) is 9.71 Å². The summed E-state index contributed by atoms with van der Waals surface area (Å²) in [6.45, 7) is -0.141. The van der Waals surface area contributed by atoms with Crippen LogP contribution in [0.2, 0.25) is 0 Å². The monoisotopic (exact) mass is 302 g/mol. The van der Waals surface area contributed by atoms with Crippen LogP contribution in [0.1, 0.15) is 24.8 Å². The molecule has 7 heteroatoms. The second kappa shape index (κ2) is 6.21. The normalized spacial score (nSPS) is 23.7. The number of nitrogens with one attached hydrogen (secondary N) is 1. The molecule has 1 aromatic heterocycles. The zero-order valence-corrected chi connectivity index (χ0v) is 12.4. The van der Waals surface area contributed by atoms with Crippen molar-refractivity contribution < 1.29 is 13.5 Å². The molecule has 0 aliphatic heterocycles. The molecule has 1 aliphatic rings. The van der Waals surface area contributed by atoms with E-state index in [0.29, 0.717) is 10.8 Å². The van der Waals surface area contributed by atoms with Crippen molar-refractivity contribution in [1.29, 1.82) is 0 Å². The largest absolute Gasteiger partial charge is 0.392 e. The van der Waals surface area contributed by atoms with E-state index in [4.69, 9.17) is 5.11 Å². The maximum Gasteiger partial charge on any atom is 0.258 e. The van der Waals surface area contributed by atoms with Gasteiger partial charge in [0.25, 0.3) is 10.0 Å². The number of rotatable bonds is 5. The fraction of sp³-hybridized carbons (Fsp3) is 0.583. The molecule has 1 heterocycles. The standard InChI is InChI=1S/C12H18N2O3S2/c1-18-11-4-2-3-10(11)14-19(16,17)12-6-5-9(8-15)7-13-12/h5-7,10-11,14-15H,2-4,8H2,1H3. The number of thioether (sulfide) groups is 1. The van der Waals surface area contributed by atoms with Crippen molar-refractivity contribution in [3.63, 3.8) is 0 Å². The predicted molar refractivity (Wildman–Crippen MR) is 75.4 cm³/mol. The zero-order valence-electron chi connectivity index (χ0n) is 10.7. The molecule has 19 heavy (non-hydrogen) atoms. The van der Waals surface area contributed by atoms with Crippen molar-refractivity contribution in [2.45, 2.75) is 42.2 Å². The van der Waals surface area contributed by atoms with Crippen LogP contribution in [0.4, 0.5) is 0 Å². The van der Waals surface area contributed by atoms with E-state index in [9.17, 15) is 8.42 Å². The Hall–Kier alpha value is -0.630. The Morgan fingerprint density at radius 3 is 2.84 bits per heavy atom. The number of sulfonamides is 1. The van der Waals surface area contributed by atoms with Gasteiger partial charge >= 0.3 is 0 Å². The first-order chi connectivity index (χ1) is 9.06. The minimum Gasteiger partial charge on any atom is -0.392 e. The van der Waals surface area contributed by atoms with E-state index < -0.39 is 10.0 Å². The van der Waals surface area contributed by atoms with Crippen LogP contribution in [0.3, 0.4) is 0 Å². The summed E-state index contributed by atoms with van der Waals surface area (Å²) in [5, 5.41) is 9.27. The molecule has 1 aliphatic carbocycles. The zero-order chi connectivity index (χ0) is 13.9. The van der Waals surface area contributed by atoms with Crippen LogP contribution in [0.15, 0.2) is 23.4 Å². The molecule has 0 radical (unpaired) electrons. The topological polar surface area (TPSA) is 79.3 Å². The summed E-state index contributed by atoms with van der Waals surface area (Å²) in [5.41, 5.74) is 0.599. The Morgan fingerprint density at radius 2 is 2.26 bits per heavy atom. The van der Waals surface area contributed by atoms with E-state index in [1.165, 1.54) is 12.3 Å². The van der Waals surface area contributed by atoms with Crippen LogP contribution in [0.5, 0.6) is 0 Å². The van der Waals surface area contributed by atoms with Crippen molar-refractivity contribution in [1.82, 2.24) is 9.71 Å². The van der Waals surface area contributed by atoms with Crippen molar-refractivity contribution >= 4 is 21.8 Å².